The third kappa shape index (κ3) is 5.28. The number of rotatable bonds is 1. The van der Waals surface area contributed by atoms with Gasteiger partial charge in [-0.15, -0.1) is 0 Å². The second-order valence-electron chi connectivity index (χ2n) is 5.99. The summed E-state index contributed by atoms with van der Waals surface area (Å²) in [6, 6.07) is 0. The number of carbonyl (C=O) groups excluding carboxylic acids is 2. The van der Waals surface area contributed by atoms with Crippen molar-refractivity contribution in [1.82, 2.24) is 0 Å². The van der Waals surface area contributed by atoms with E-state index in [1.807, 2.05) is 6.08 Å². The molecule has 0 radical (unpaired) electrons. The molecule has 23 heavy (non-hydrogen) atoms. The number of ether oxygens (including phenoxy) is 2. The molecule has 2 rings (SSSR count). The van der Waals surface area contributed by atoms with E-state index in [4.69, 9.17) is 9.47 Å². The summed E-state index contributed by atoms with van der Waals surface area (Å²) in [6.45, 7) is 5.37. The highest BCUT2D eigenvalue weighted by atomic mass is 16.6. The summed E-state index contributed by atoms with van der Waals surface area (Å²) in [4.78, 5) is 23.5. The molecule has 2 aliphatic rings. The molecule has 0 aromatic heterocycles. The predicted octanol–water partition coefficient (Wildman–Crippen LogP) is 3.46. The molecule has 0 N–H and O–H groups in total. The van der Waals surface area contributed by atoms with Crippen LogP contribution in [0.4, 0.5) is 0 Å². The van der Waals surface area contributed by atoms with Crippen molar-refractivity contribution in [1.29, 1.82) is 0 Å². The van der Waals surface area contributed by atoms with Crippen molar-refractivity contribution in [3.05, 3.63) is 23.8 Å². The first-order valence-corrected chi connectivity index (χ1v) is 8.33. The zero-order chi connectivity index (χ0) is 16.7. The van der Waals surface area contributed by atoms with Gasteiger partial charge >= 0.3 is 11.9 Å². The molecule has 0 aromatic carbocycles. The normalized spacial score (nSPS) is 26.0. The van der Waals surface area contributed by atoms with Gasteiger partial charge < -0.3 is 9.47 Å². The molecule has 1 aliphatic heterocycles. The SMILES string of the molecule is C=C1C#CCCCCCCC(=O)O[C@@H]2CCC=C1[C@H]2OC(C)=O. The third-order valence-electron chi connectivity index (χ3n) is 4.06. The van der Waals surface area contributed by atoms with Crippen LogP contribution in [0.15, 0.2) is 23.8 Å². The standard InChI is InChI=1S/C19H24O4/c1-14-10-7-5-3-4-6-8-13-18(21)23-17-12-9-11-16(14)19(17)22-15(2)20/h11,17,19H,1,3-6,8-9,12-13H2,2H3/t17-,19-/m1/s1. The Balaban J connectivity index is 2.25. The van der Waals surface area contributed by atoms with E-state index in [1.165, 1.54) is 6.92 Å². The highest BCUT2D eigenvalue weighted by Gasteiger charge is 2.34. The number of allylic oxidation sites excluding steroid dienone is 1. The van der Waals surface area contributed by atoms with Crippen LogP contribution in [0, 0.1) is 11.8 Å². The van der Waals surface area contributed by atoms with Gasteiger partial charge in [-0.1, -0.05) is 37.3 Å². The van der Waals surface area contributed by atoms with E-state index in [-0.39, 0.29) is 5.97 Å². The van der Waals surface area contributed by atoms with Crippen LogP contribution in [0.3, 0.4) is 0 Å². The van der Waals surface area contributed by atoms with Gasteiger partial charge in [-0.05, 0) is 25.7 Å². The Kier molecular flexibility index (Phi) is 6.46. The van der Waals surface area contributed by atoms with Crippen molar-refractivity contribution in [3.63, 3.8) is 0 Å². The van der Waals surface area contributed by atoms with Crippen LogP contribution >= 0.6 is 0 Å². The van der Waals surface area contributed by atoms with Gasteiger partial charge in [0.1, 0.15) is 6.10 Å². The van der Waals surface area contributed by atoms with Gasteiger partial charge in [-0.2, -0.15) is 0 Å². The number of hydrogen-bond acceptors (Lipinski definition) is 4. The molecule has 2 atom stereocenters. The second kappa shape index (κ2) is 8.57. The predicted molar refractivity (Wildman–Crippen MR) is 87.4 cm³/mol. The Labute approximate surface area is 137 Å². The summed E-state index contributed by atoms with van der Waals surface area (Å²) in [5.74, 6) is 5.58. The Morgan fingerprint density at radius 3 is 2.91 bits per heavy atom. The summed E-state index contributed by atoms with van der Waals surface area (Å²) in [5.41, 5.74) is 1.42. The van der Waals surface area contributed by atoms with Crippen LogP contribution < -0.4 is 0 Å². The summed E-state index contributed by atoms with van der Waals surface area (Å²) >= 11 is 0. The van der Waals surface area contributed by atoms with E-state index in [0.29, 0.717) is 18.4 Å². The van der Waals surface area contributed by atoms with Crippen LogP contribution in [0.25, 0.3) is 0 Å². The minimum absolute atomic E-state index is 0.220. The second-order valence-corrected chi connectivity index (χ2v) is 5.99. The van der Waals surface area contributed by atoms with Crippen molar-refractivity contribution >= 4 is 11.9 Å². The van der Waals surface area contributed by atoms with Gasteiger partial charge in [0.05, 0.1) is 0 Å². The van der Waals surface area contributed by atoms with Gasteiger partial charge in [0.25, 0.3) is 0 Å². The molecule has 4 nitrogen and oxygen atoms in total. The number of esters is 2. The van der Waals surface area contributed by atoms with E-state index in [0.717, 1.165) is 44.1 Å². The summed E-state index contributed by atoms with van der Waals surface area (Å²) in [5, 5.41) is 0. The average Bonchev–Trinajstić information content (AvgIpc) is 2.50. The largest absolute Gasteiger partial charge is 0.458 e. The molecule has 1 heterocycles. The van der Waals surface area contributed by atoms with Crippen LogP contribution in [0.5, 0.6) is 0 Å². The van der Waals surface area contributed by atoms with Crippen molar-refractivity contribution in [2.75, 3.05) is 0 Å². The highest BCUT2D eigenvalue weighted by Crippen LogP contribution is 2.29. The zero-order valence-corrected chi connectivity index (χ0v) is 13.7. The molecule has 0 spiro atoms. The van der Waals surface area contributed by atoms with Crippen molar-refractivity contribution in [2.24, 2.45) is 0 Å². The first-order valence-electron chi connectivity index (χ1n) is 8.33. The fourth-order valence-corrected chi connectivity index (χ4v) is 2.91. The minimum atomic E-state index is -0.602. The van der Waals surface area contributed by atoms with Gasteiger partial charge in [-0.3, -0.25) is 9.59 Å². The van der Waals surface area contributed by atoms with Gasteiger partial charge in [-0.25, -0.2) is 0 Å². The van der Waals surface area contributed by atoms with Gasteiger partial charge in [0.2, 0.25) is 0 Å². The lowest BCUT2D eigenvalue weighted by Gasteiger charge is -2.31. The lowest BCUT2D eigenvalue weighted by molar-refractivity contribution is -0.165. The van der Waals surface area contributed by atoms with Crippen molar-refractivity contribution in [2.45, 2.75) is 70.5 Å². The molecule has 4 heteroatoms. The molecule has 0 aromatic rings. The van der Waals surface area contributed by atoms with Crippen molar-refractivity contribution < 1.29 is 19.1 Å². The molecule has 0 amide bonds. The number of fused-ring (bicyclic) bond motifs is 2. The minimum Gasteiger partial charge on any atom is -0.458 e. The fourth-order valence-electron chi connectivity index (χ4n) is 2.91. The summed E-state index contributed by atoms with van der Waals surface area (Å²) < 4.78 is 11.0. The van der Waals surface area contributed by atoms with E-state index in [9.17, 15) is 9.59 Å². The number of hydrogen-bond donors (Lipinski definition) is 0. The number of carbonyl (C=O) groups is 2. The lowest BCUT2D eigenvalue weighted by atomic mass is 9.89. The van der Waals surface area contributed by atoms with Crippen molar-refractivity contribution in [3.8, 4) is 11.8 Å². The fraction of sp³-hybridized carbons (Fsp3) is 0.579. The van der Waals surface area contributed by atoms with E-state index in [2.05, 4.69) is 18.4 Å². The maximum atomic E-state index is 12.0. The molecule has 0 fully saturated rings. The quantitative estimate of drug-likeness (QED) is 0.549. The molecular weight excluding hydrogens is 292 g/mol. The molecule has 0 saturated heterocycles. The topological polar surface area (TPSA) is 52.6 Å². The Morgan fingerprint density at radius 1 is 1.35 bits per heavy atom. The first kappa shape index (κ1) is 17.3. The Morgan fingerprint density at radius 2 is 2.13 bits per heavy atom. The Bertz CT molecular complexity index is 562. The maximum absolute atomic E-state index is 12.0. The Hall–Kier alpha value is -2.02. The molecule has 1 aliphatic carbocycles. The molecular formula is C19H24O4. The third-order valence-corrected chi connectivity index (χ3v) is 4.06. The first-order chi connectivity index (χ1) is 11.1. The lowest BCUT2D eigenvalue weighted by Crippen LogP contribution is -2.38. The van der Waals surface area contributed by atoms with Gasteiger partial charge in [0.15, 0.2) is 6.10 Å². The molecule has 0 saturated carbocycles. The smallest absolute Gasteiger partial charge is 0.306 e. The zero-order valence-electron chi connectivity index (χ0n) is 13.7. The van der Waals surface area contributed by atoms with Crippen LogP contribution in [0.2, 0.25) is 0 Å². The van der Waals surface area contributed by atoms with E-state index < -0.39 is 18.2 Å². The monoisotopic (exact) mass is 316 g/mol. The van der Waals surface area contributed by atoms with E-state index in [1.54, 1.807) is 0 Å². The van der Waals surface area contributed by atoms with E-state index >= 15 is 0 Å². The van der Waals surface area contributed by atoms with Crippen LogP contribution in [0.1, 0.15) is 58.3 Å². The summed E-state index contributed by atoms with van der Waals surface area (Å²) in [7, 11) is 0. The summed E-state index contributed by atoms with van der Waals surface area (Å²) in [6.07, 6.45) is 7.48. The molecule has 124 valence electrons. The maximum Gasteiger partial charge on any atom is 0.306 e. The highest BCUT2D eigenvalue weighted by molar-refractivity contribution is 5.70. The molecule has 2 bridgehead atoms. The van der Waals surface area contributed by atoms with Gasteiger partial charge in [0, 0.05) is 30.9 Å². The average molecular weight is 316 g/mol. The van der Waals surface area contributed by atoms with Crippen LogP contribution in [-0.4, -0.2) is 24.1 Å². The van der Waals surface area contributed by atoms with Crippen LogP contribution in [-0.2, 0) is 19.1 Å². The molecule has 0 unspecified atom stereocenters.